The van der Waals surface area contributed by atoms with Crippen LogP contribution in [0.3, 0.4) is 0 Å². The Morgan fingerprint density at radius 1 is 1.09 bits per heavy atom. The van der Waals surface area contributed by atoms with E-state index in [1.54, 1.807) is 31.6 Å². The summed E-state index contributed by atoms with van der Waals surface area (Å²) in [6.07, 6.45) is 4.52. The van der Waals surface area contributed by atoms with E-state index in [1.807, 2.05) is 24.0 Å². The molecule has 2 fully saturated rings. The van der Waals surface area contributed by atoms with E-state index < -0.39 is 11.7 Å². The first-order chi connectivity index (χ1) is 17.0. The van der Waals surface area contributed by atoms with Gasteiger partial charge in [-0.2, -0.15) is 0 Å². The number of hydrogen-bond acceptors (Lipinski definition) is 6. The Labute approximate surface area is 203 Å². The van der Waals surface area contributed by atoms with E-state index in [9.17, 15) is 9.18 Å². The molecule has 2 saturated heterocycles. The first-order valence-electron chi connectivity index (χ1n) is 11.8. The molecule has 0 bridgehead atoms. The van der Waals surface area contributed by atoms with Crippen molar-refractivity contribution >= 4 is 5.91 Å². The number of ether oxygens (including phenoxy) is 3. The number of aromatic amines is 1. The molecule has 0 spiro atoms. The molecule has 9 heteroatoms. The molecule has 5 rings (SSSR count). The van der Waals surface area contributed by atoms with Gasteiger partial charge < -0.3 is 24.1 Å². The lowest BCUT2D eigenvalue weighted by Gasteiger charge is -2.41. The van der Waals surface area contributed by atoms with Crippen LogP contribution in [0.4, 0.5) is 4.39 Å². The largest absolute Gasteiger partial charge is 0.381 e. The van der Waals surface area contributed by atoms with Gasteiger partial charge in [0.2, 0.25) is 12.2 Å². The maximum atomic E-state index is 13.5. The third kappa shape index (κ3) is 4.84. The van der Waals surface area contributed by atoms with Crippen molar-refractivity contribution in [3.63, 3.8) is 0 Å². The summed E-state index contributed by atoms with van der Waals surface area (Å²) in [5.41, 5.74) is 2.29. The van der Waals surface area contributed by atoms with Crippen molar-refractivity contribution in [3.05, 3.63) is 60.4 Å². The number of H-pyrrole nitrogens is 1. The van der Waals surface area contributed by atoms with E-state index in [2.05, 4.69) is 9.97 Å². The lowest BCUT2D eigenvalue weighted by Crippen LogP contribution is -2.52. The van der Waals surface area contributed by atoms with Crippen LogP contribution in [0.15, 0.2) is 48.8 Å². The van der Waals surface area contributed by atoms with Crippen molar-refractivity contribution in [2.24, 2.45) is 5.41 Å². The Morgan fingerprint density at radius 3 is 2.37 bits per heavy atom. The zero-order chi connectivity index (χ0) is 24.4. The van der Waals surface area contributed by atoms with Gasteiger partial charge in [0, 0.05) is 43.7 Å². The van der Waals surface area contributed by atoms with Crippen molar-refractivity contribution in [3.8, 4) is 22.5 Å². The highest BCUT2D eigenvalue weighted by molar-refractivity contribution is 5.83. The summed E-state index contributed by atoms with van der Waals surface area (Å²) in [4.78, 5) is 27.3. The number of halogens is 1. The number of nitrogens with zero attached hydrogens (tertiary/aromatic N) is 3. The van der Waals surface area contributed by atoms with Crippen LogP contribution in [0.5, 0.6) is 0 Å². The van der Waals surface area contributed by atoms with Gasteiger partial charge in [0.1, 0.15) is 5.82 Å². The molecular weight excluding hydrogens is 451 g/mol. The van der Waals surface area contributed by atoms with Gasteiger partial charge in [-0.1, -0.05) is 0 Å². The summed E-state index contributed by atoms with van der Waals surface area (Å²) in [6.45, 7) is 3.66. The maximum Gasteiger partial charge on any atom is 0.233 e. The number of nitrogens with one attached hydrogen (secondary N) is 1. The highest BCUT2D eigenvalue weighted by atomic mass is 19.1. The zero-order valence-electron chi connectivity index (χ0n) is 19.9. The molecule has 0 atom stereocenters. The Morgan fingerprint density at radius 2 is 1.74 bits per heavy atom. The maximum absolute atomic E-state index is 13.5. The lowest BCUT2D eigenvalue weighted by molar-refractivity contribution is -0.234. The number of amides is 1. The Bertz CT molecular complexity index is 1150. The van der Waals surface area contributed by atoms with E-state index in [-0.39, 0.29) is 31.0 Å². The average molecular weight is 481 g/mol. The smallest absolute Gasteiger partial charge is 0.233 e. The monoisotopic (exact) mass is 480 g/mol. The standard InChI is InChI=1S/C26H29FN4O4/c1-26(25(32)31-13-9-20(33-2)10-14-31)15-34-24(35-16-26)23-29-21(17-3-5-19(27)6-4-17)22(30-23)18-7-11-28-12-8-18/h3-8,11-12,20,24H,9-10,13-16H2,1-2H3,(H,29,30). The Hall–Kier alpha value is -3.14. The van der Waals surface area contributed by atoms with E-state index >= 15 is 0 Å². The molecule has 2 aliphatic heterocycles. The molecule has 1 aromatic carbocycles. The number of rotatable bonds is 5. The molecule has 2 aliphatic rings. The Kier molecular flexibility index (Phi) is 6.64. The molecule has 0 unspecified atom stereocenters. The summed E-state index contributed by atoms with van der Waals surface area (Å²) in [5.74, 6) is 0.213. The van der Waals surface area contributed by atoms with Gasteiger partial charge in [0.05, 0.1) is 36.1 Å². The van der Waals surface area contributed by atoms with Gasteiger partial charge >= 0.3 is 0 Å². The molecule has 4 heterocycles. The molecule has 3 aromatic rings. The number of benzene rings is 1. The summed E-state index contributed by atoms with van der Waals surface area (Å²) >= 11 is 0. The normalized spacial score (nSPS) is 23.4. The summed E-state index contributed by atoms with van der Waals surface area (Å²) in [6, 6.07) is 9.92. The molecule has 0 aliphatic carbocycles. The minimum atomic E-state index is -0.767. The molecule has 1 N–H and O–H groups in total. The molecule has 35 heavy (non-hydrogen) atoms. The second-order valence-corrected chi connectivity index (χ2v) is 9.33. The fourth-order valence-electron chi connectivity index (χ4n) is 4.61. The van der Waals surface area contributed by atoms with Crippen LogP contribution in [-0.4, -0.2) is 65.3 Å². The van der Waals surface area contributed by atoms with Crippen LogP contribution in [0.1, 0.15) is 31.9 Å². The first-order valence-corrected chi connectivity index (χ1v) is 11.8. The second-order valence-electron chi connectivity index (χ2n) is 9.33. The fraction of sp³-hybridized carbons (Fsp3) is 0.423. The predicted octanol–water partition coefficient (Wildman–Crippen LogP) is 3.97. The number of carbonyl (C=O) groups is 1. The summed E-state index contributed by atoms with van der Waals surface area (Å²) < 4.78 is 31.0. The molecule has 0 radical (unpaired) electrons. The van der Waals surface area contributed by atoms with Crippen LogP contribution in [-0.2, 0) is 19.0 Å². The van der Waals surface area contributed by atoms with Crippen molar-refractivity contribution < 1.29 is 23.4 Å². The number of hydrogen-bond donors (Lipinski definition) is 1. The van der Waals surface area contributed by atoms with Crippen LogP contribution in [0.2, 0.25) is 0 Å². The van der Waals surface area contributed by atoms with Gasteiger partial charge in [0.25, 0.3) is 0 Å². The number of carbonyl (C=O) groups excluding carboxylic acids is 1. The van der Waals surface area contributed by atoms with E-state index in [0.717, 1.165) is 29.7 Å². The van der Waals surface area contributed by atoms with Gasteiger partial charge in [-0.25, -0.2) is 9.37 Å². The third-order valence-electron chi connectivity index (χ3n) is 6.72. The molecular formula is C26H29FN4O4. The number of imidazole rings is 1. The first kappa shape index (κ1) is 23.6. The third-order valence-corrected chi connectivity index (χ3v) is 6.72. The van der Waals surface area contributed by atoms with Crippen LogP contribution in [0, 0.1) is 11.2 Å². The second kappa shape index (κ2) is 9.85. The van der Waals surface area contributed by atoms with Gasteiger partial charge in [-0.3, -0.25) is 9.78 Å². The molecule has 8 nitrogen and oxygen atoms in total. The highest BCUT2D eigenvalue weighted by Crippen LogP contribution is 2.36. The van der Waals surface area contributed by atoms with Crippen LogP contribution < -0.4 is 0 Å². The van der Waals surface area contributed by atoms with Crippen molar-refractivity contribution in [2.45, 2.75) is 32.2 Å². The number of likely N-dealkylation sites (tertiary alicyclic amines) is 1. The average Bonchev–Trinajstić information content (AvgIpc) is 3.35. The van der Waals surface area contributed by atoms with Crippen molar-refractivity contribution in [1.82, 2.24) is 19.9 Å². The van der Waals surface area contributed by atoms with Crippen molar-refractivity contribution in [2.75, 3.05) is 33.4 Å². The Balaban J connectivity index is 1.34. The van der Waals surface area contributed by atoms with Gasteiger partial charge in [0.15, 0.2) is 5.82 Å². The van der Waals surface area contributed by atoms with E-state index in [0.29, 0.717) is 24.6 Å². The predicted molar refractivity (Wildman–Crippen MR) is 127 cm³/mol. The molecule has 0 saturated carbocycles. The number of pyridine rings is 1. The summed E-state index contributed by atoms with van der Waals surface area (Å²) in [7, 11) is 1.71. The zero-order valence-corrected chi connectivity index (χ0v) is 19.9. The fourth-order valence-corrected chi connectivity index (χ4v) is 4.61. The molecule has 2 aromatic heterocycles. The van der Waals surface area contributed by atoms with Gasteiger partial charge in [-0.05, 0) is 56.2 Å². The number of methoxy groups -OCH3 is 1. The van der Waals surface area contributed by atoms with Crippen LogP contribution >= 0.6 is 0 Å². The van der Waals surface area contributed by atoms with E-state index in [4.69, 9.17) is 19.2 Å². The lowest BCUT2D eigenvalue weighted by atomic mass is 9.89. The van der Waals surface area contributed by atoms with Crippen molar-refractivity contribution in [1.29, 1.82) is 0 Å². The van der Waals surface area contributed by atoms with E-state index in [1.165, 1.54) is 12.1 Å². The molecule has 184 valence electrons. The molecule has 1 amide bonds. The number of piperidine rings is 1. The topological polar surface area (TPSA) is 89.6 Å². The highest BCUT2D eigenvalue weighted by Gasteiger charge is 2.43. The van der Waals surface area contributed by atoms with Crippen LogP contribution in [0.25, 0.3) is 22.5 Å². The quantitative estimate of drug-likeness (QED) is 0.595. The minimum absolute atomic E-state index is 0.0365. The van der Waals surface area contributed by atoms with Gasteiger partial charge in [-0.15, -0.1) is 0 Å². The SMILES string of the molecule is COC1CCN(C(=O)C2(C)COC(c3nc(-c4ccc(F)cc4)c(-c4ccncc4)[nH]3)OC2)CC1. The minimum Gasteiger partial charge on any atom is -0.381 e. The number of aromatic nitrogens is 3. The summed E-state index contributed by atoms with van der Waals surface area (Å²) in [5, 5.41) is 0.